The molecule has 18 heavy (non-hydrogen) atoms. The average Bonchev–Trinajstić information content (AvgIpc) is 3.19. The van der Waals surface area contributed by atoms with Crippen molar-refractivity contribution in [2.75, 3.05) is 12.8 Å². The van der Waals surface area contributed by atoms with Crippen molar-refractivity contribution in [3.05, 3.63) is 29.8 Å². The van der Waals surface area contributed by atoms with Crippen LogP contribution in [0.15, 0.2) is 29.2 Å². The molecule has 2 N–H and O–H groups in total. The maximum absolute atomic E-state index is 11.9. The van der Waals surface area contributed by atoms with Gasteiger partial charge in [-0.15, -0.1) is 11.8 Å². The highest BCUT2D eigenvalue weighted by Gasteiger charge is 2.29. The number of hydrogen-bond donors (Lipinski definition) is 1. The minimum atomic E-state index is 0.0617. The lowest BCUT2D eigenvalue weighted by Crippen LogP contribution is -2.30. The molecular formula is C14H20N2OS. The molecule has 0 spiro atoms. The lowest BCUT2D eigenvalue weighted by molar-refractivity contribution is -0.127. The molecule has 3 nitrogen and oxygen atoms in total. The molecule has 0 saturated heterocycles. The predicted octanol–water partition coefficient (Wildman–Crippen LogP) is 2.42. The summed E-state index contributed by atoms with van der Waals surface area (Å²) in [4.78, 5) is 14.9. The number of benzene rings is 1. The maximum Gasteiger partial charge on any atom is 0.232 e. The molecule has 0 bridgehead atoms. The largest absolute Gasteiger partial charge is 0.342 e. The lowest BCUT2D eigenvalue weighted by atomic mass is 10.1. The minimum absolute atomic E-state index is 0.0617. The second kappa shape index (κ2) is 5.76. The number of rotatable bonds is 5. The Hall–Kier alpha value is -1.00. The standard InChI is InChI=1S/C14H20N2OS/c1-10(15)11-3-7-13(8-4-11)18-9-14(17)16(2)12-5-6-12/h3-4,7-8,10,12H,5-6,9,15H2,1-2H3. The summed E-state index contributed by atoms with van der Waals surface area (Å²) in [6.07, 6.45) is 2.33. The van der Waals surface area contributed by atoms with E-state index in [1.165, 1.54) is 0 Å². The zero-order chi connectivity index (χ0) is 13.1. The number of hydrogen-bond acceptors (Lipinski definition) is 3. The van der Waals surface area contributed by atoms with Gasteiger partial charge in [0.25, 0.3) is 0 Å². The van der Waals surface area contributed by atoms with Crippen LogP contribution in [0.25, 0.3) is 0 Å². The van der Waals surface area contributed by atoms with E-state index in [1.54, 1.807) is 11.8 Å². The summed E-state index contributed by atoms with van der Waals surface area (Å²) in [5, 5.41) is 0. The molecule has 0 heterocycles. The highest BCUT2D eigenvalue weighted by molar-refractivity contribution is 8.00. The van der Waals surface area contributed by atoms with Crippen molar-refractivity contribution in [2.24, 2.45) is 5.73 Å². The second-order valence-electron chi connectivity index (χ2n) is 4.88. The Morgan fingerprint density at radius 2 is 2.06 bits per heavy atom. The molecule has 1 aliphatic rings. The highest BCUT2D eigenvalue weighted by Crippen LogP contribution is 2.27. The third-order valence-electron chi connectivity index (χ3n) is 3.26. The molecule has 98 valence electrons. The molecule has 4 heteroatoms. The van der Waals surface area contributed by atoms with Crippen LogP contribution in [0.5, 0.6) is 0 Å². The van der Waals surface area contributed by atoms with Crippen molar-refractivity contribution in [2.45, 2.75) is 36.7 Å². The highest BCUT2D eigenvalue weighted by atomic mass is 32.2. The Bertz CT molecular complexity index is 412. The molecule has 1 aromatic carbocycles. The van der Waals surface area contributed by atoms with Gasteiger partial charge in [0.15, 0.2) is 0 Å². The number of thioether (sulfide) groups is 1. The van der Waals surface area contributed by atoms with Gasteiger partial charge in [-0.05, 0) is 37.5 Å². The van der Waals surface area contributed by atoms with E-state index in [2.05, 4.69) is 0 Å². The summed E-state index contributed by atoms with van der Waals surface area (Å²) < 4.78 is 0. The molecule has 0 aromatic heterocycles. The van der Waals surface area contributed by atoms with Crippen molar-refractivity contribution in [1.29, 1.82) is 0 Å². The maximum atomic E-state index is 11.9. The molecule has 0 radical (unpaired) electrons. The van der Waals surface area contributed by atoms with Crippen molar-refractivity contribution in [3.63, 3.8) is 0 Å². The Labute approximate surface area is 113 Å². The van der Waals surface area contributed by atoms with Crippen LogP contribution >= 0.6 is 11.8 Å². The van der Waals surface area contributed by atoms with Gasteiger partial charge >= 0.3 is 0 Å². The van der Waals surface area contributed by atoms with Crippen LogP contribution in [-0.4, -0.2) is 29.6 Å². The summed E-state index contributed by atoms with van der Waals surface area (Å²) in [7, 11) is 1.90. The van der Waals surface area contributed by atoms with Gasteiger partial charge in [-0.2, -0.15) is 0 Å². The summed E-state index contributed by atoms with van der Waals surface area (Å²) in [5.41, 5.74) is 6.92. The molecule has 0 aliphatic heterocycles. The molecular weight excluding hydrogens is 244 g/mol. The van der Waals surface area contributed by atoms with Crippen molar-refractivity contribution >= 4 is 17.7 Å². The molecule has 2 rings (SSSR count). The summed E-state index contributed by atoms with van der Waals surface area (Å²) in [5.74, 6) is 0.739. The van der Waals surface area contributed by atoms with Crippen LogP contribution in [0.3, 0.4) is 0 Å². The molecule has 1 unspecified atom stereocenters. The Kier molecular flexibility index (Phi) is 4.30. The van der Waals surface area contributed by atoms with E-state index >= 15 is 0 Å². The fourth-order valence-electron chi connectivity index (χ4n) is 1.78. The van der Waals surface area contributed by atoms with Crippen LogP contribution in [0, 0.1) is 0 Å². The van der Waals surface area contributed by atoms with Crippen molar-refractivity contribution in [1.82, 2.24) is 4.90 Å². The lowest BCUT2D eigenvalue weighted by Gasteiger charge is -2.15. The van der Waals surface area contributed by atoms with Gasteiger partial charge in [0.1, 0.15) is 0 Å². The van der Waals surface area contributed by atoms with E-state index in [0.29, 0.717) is 11.8 Å². The first-order chi connectivity index (χ1) is 8.58. The van der Waals surface area contributed by atoms with E-state index in [-0.39, 0.29) is 11.9 Å². The molecule has 1 saturated carbocycles. The number of carbonyl (C=O) groups excluding carboxylic acids is 1. The third-order valence-corrected chi connectivity index (χ3v) is 4.25. The molecule has 1 aromatic rings. The van der Waals surface area contributed by atoms with Gasteiger partial charge in [-0.25, -0.2) is 0 Å². The van der Waals surface area contributed by atoms with E-state index < -0.39 is 0 Å². The smallest absolute Gasteiger partial charge is 0.232 e. The van der Waals surface area contributed by atoms with E-state index in [0.717, 1.165) is 23.3 Å². The normalized spacial score (nSPS) is 16.4. The average molecular weight is 264 g/mol. The Morgan fingerprint density at radius 1 is 1.44 bits per heavy atom. The van der Waals surface area contributed by atoms with E-state index in [9.17, 15) is 4.79 Å². The third kappa shape index (κ3) is 3.50. The summed E-state index contributed by atoms with van der Waals surface area (Å²) in [6, 6.07) is 8.69. The van der Waals surface area contributed by atoms with Crippen LogP contribution in [0.2, 0.25) is 0 Å². The predicted molar refractivity (Wildman–Crippen MR) is 75.6 cm³/mol. The number of nitrogens with two attached hydrogens (primary N) is 1. The van der Waals surface area contributed by atoms with Gasteiger partial charge in [-0.1, -0.05) is 12.1 Å². The number of carbonyl (C=O) groups is 1. The summed E-state index contributed by atoms with van der Waals surface area (Å²) in [6.45, 7) is 1.97. The Balaban J connectivity index is 1.84. The molecule has 1 atom stereocenters. The van der Waals surface area contributed by atoms with Crippen molar-refractivity contribution < 1.29 is 4.79 Å². The first kappa shape index (κ1) is 13.4. The molecule has 1 amide bonds. The SMILES string of the molecule is CC(N)c1ccc(SCC(=O)N(C)C2CC2)cc1. The monoisotopic (exact) mass is 264 g/mol. The van der Waals surface area contributed by atoms with Gasteiger partial charge in [0.2, 0.25) is 5.91 Å². The zero-order valence-corrected chi connectivity index (χ0v) is 11.7. The minimum Gasteiger partial charge on any atom is -0.342 e. The molecule has 1 fully saturated rings. The van der Waals surface area contributed by atoms with Gasteiger partial charge in [0.05, 0.1) is 5.75 Å². The second-order valence-corrected chi connectivity index (χ2v) is 5.93. The fourth-order valence-corrected chi connectivity index (χ4v) is 2.60. The number of nitrogens with zero attached hydrogens (tertiary/aromatic N) is 1. The van der Waals surface area contributed by atoms with Gasteiger partial charge in [0, 0.05) is 24.0 Å². The van der Waals surface area contributed by atoms with Crippen LogP contribution in [0.1, 0.15) is 31.4 Å². The topological polar surface area (TPSA) is 46.3 Å². The van der Waals surface area contributed by atoms with E-state index in [4.69, 9.17) is 5.73 Å². The van der Waals surface area contributed by atoms with Crippen LogP contribution in [0.4, 0.5) is 0 Å². The van der Waals surface area contributed by atoms with Crippen molar-refractivity contribution in [3.8, 4) is 0 Å². The van der Waals surface area contributed by atoms with Gasteiger partial charge in [-0.3, -0.25) is 4.79 Å². The first-order valence-electron chi connectivity index (χ1n) is 6.32. The number of amides is 1. The first-order valence-corrected chi connectivity index (χ1v) is 7.30. The Morgan fingerprint density at radius 3 is 2.56 bits per heavy atom. The zero-order valence-electron chi connectivity index (χ0n) is 10.9. The summed E-state index contributed by atoms with van der Waals surface area (Å²) >= 11 is 1.59. The quantitative estimate of drug-likeness (QED) is 0.831. The molecule has 1 aliphatic carbocycles. The van der Waals surface area contributed by atoms with Gasteiger partial charge < -0.3 is 10.6 Å². The fraction of sp³-hybridized carbons (Fsp3) is 0.500. The van der Waals surface area contributed by atoms with Crippen LogP contribution < -0.4 is 5.73 Å². The van der Waals surface area contributed by atoms with E-state index in [1.807, 2.05) is 43.1 Å². The van der Waals surface area contributed by atoms with Crippen LogP contribution in [-0.2, 0) is 4.79 Å².